The van der Waals surface area contributed by atoms with Crippen LogP contribution in [-0.2, 0) is 6.54 Å². The SMILES string of the molecule is O=c1c(Br)c(Br)cnn1Cc1ccc([N+](=O)[O-])cc1Br. The molecule has 0 atom stereocenters. The van der Waals surface area contributed by atoms with Crippen molar-refractivity contribution in [2.75, 3.05) is 0 Å². The van der Waals surface area contributed by atoms with Crippen LogP contribution in [0.15, 0.2) is 42.6 Å². The number of nitrogens with zero attached hydrogens (tertiary/aromatic N) is 3. The van der Waals surface area contributed by atoms with Crippen LogP contribution < -0.4 is 5.56 Å². The quantitative estimate of drug-likeness (QED) is 0.511. The molecule has 1 aromatic carbocycles. The summed E-state index contributed by atoms with van der Waals surface area (Å²) in [5, 5.41) is 14.7. The molecule has 6 nitrogen and oxygen atoms in total. The molecular weight excluding hydrogens is 462 g/mol. The lowest BCUT2D eigenvalue weighted by atomic mass is 10.2. The Morgan fingerprint density at radius 2 is 1.95 bits per heavy atom. The van der Waals surface area contributed by atoms with E-state index in [4.69, 9.17) is 0 Å². The number of hydrogen-bond donors (Lipinski definition) is 0. The van der Waals surface area contributed by atoms with E-state index in [1.807, 2.05) is 0 Å². The Morgan fingerprint density at radius 1 is 1.25 bits per heavy atom. The Morgan fingerprint density at radius 3 is 2.55 bits per heavy atom. The Hall–Kier alpha value is -1.06. The van der Waals surface area contributed by atoms with Gasteiger partial charge in [-0.3, -0.25) is 14.9 Å². The zero-order valence-electron chi connectivity index (χ0n) is 9.72. The molecule has 0 saturated carbocycles. The Kier molecular flexibility index (Phi) is 4.71. The number of aromatic nitrogens is 2. The predicted octanol–water partition coefficient (Wildman–Crippen LogP) is 3.49. The first-order chi connectivity index (χ1) is 9.40. The number of non-ortho nitro benzene ring substituents is 1. The van der Waals surface area contributed by atoms with E-state index in [2.05, 4.69) is 52.9 Å². The normalized spacial score (nSPS) is 10.6. The third-order valence-electron chi connectivity index (χ3n) is 2.51. The fraction of sp³-hybridized carbons (Fsp3) is 0.0909. The summed E-state index contributed by atoms with van der Waals surface area (Å²) in [5.74, 6) is 0. The van der Waals surface area contributed by atoms with Crippen LogP contribution in [0.4, 0.5) is 5.69 Å². The maximum Gasteiger partial charge on any atom is 0.282 e. The molecule has 0 aliphatic rings. The average molecular weight is 468 g/mol. The van der Waals surface area contributed by atoms with Crippen LogP contribution in [0, 0.1) is 10.1 Å². The molecule has 0 radical (unpaired) electrons. The van der Waals surface area contributed by atoms with Gasteiger partial charge in [-0.2, -0.15) is 5.10 Å². The smallest absolute Gasteiger partial charge is 0.266 e. The summed E-state index contributed by atoms with van der Waals surface area (Å²) >= 11 is 9.63. The van der Waals surface area contributed by atoms with E-state index in [-0.39, 0.29) is 17.8 Å². The van der Waals surface area contributed by atoms with Gasteiger partial charge in [0.2, 0.25) is 0 Å². The van der Waals surface area contributed by atoms with Crippen LogP contribution in [0.2, 0.25) is 0 Å². The summed E-state index contributed by atoms with van der Waals surface area (Å²) in [5.41, 5.74) is 0.418. The first-order valence-corrected chi connectivity index (χ1v) is 7.62. The molecule has 0 saturated heterocycles. The highest BCUT2D eigenvalue weighted by atomic mass is 79.9. The molecule has 1 aromatic heterocycles. The molecule has 104 valence electrons. The number of nitro benzene ring substituents is 1. The maximum absolute atomic E-state index is 12.0. The van der Waals surface area contributed by atoms with Crippen molar-refractivity contribution < 1.29 is 4.92 Å². The van der Waals surface area contributed by atoms with Crippen LogP contribution in [0.1, 0.15) is 5.56 Å². The number of halogens is 3. The van der Waals surface area contributed by atoms with E-state index in [1.165, 1.54) is 23.0 Å². The average Bonchev–Trinajstić information content (AvgIpc) is 2.41. The lowest BCUT2D eigenvalue weighted by molar-refractivity contribution is -0.384. The van der Waals surface area contributed by atoms with E-state index in [9.17, 15) is 14.9 Å². The molecular formula is C11H6Br3N3O3. The molecule has 0 N–H and O–H groups in total. The Bertz CT molecular complexity index is 745. The van der Waals surface area contributed by atoms with Crippen LogP contribution in [0.25, 0.3) is 0 Å². The molecule has 0 spiro atoms. The third-order valence-corrected chi connectivity index (χ3v) is 5.15. The molecule has 2 rings (SSSR count). The summed E-state index contributed by atoms with van der Waals surface area (Å²) in [6.45, 7) is 0.212. The van der Waals surface area contributed by atoms with Crippen molar-refractivity contribution in [3.05, 3.63) is 63.8 Å². The van der Waals surface area contributed by atoms with Gasteiger partial charge in [0.1, 0.15) is 4.47 Å². The highest BCUT2D eigenvalue weighted by Crippen LogP contribution is 2.24. The lowest BCUT2D eigenvalue weighted by Crippen LogP contribution is -2.24. The van der Waals surface area contributed by atoms with Gasteiger partial charge in [0, 0.05) is 16.6 Å². The van der Waals surface area contributed by atoms with Crippen molar-refractivity contribution in [2.24, 2.45) is 0 Å². The van der Waals surface area contributed by atoms with Gasteiger partial charge in [0.25, 0.3) is 11.2 Å². The highest BCUT2D eigenvalue weighted by molar-refractivity contribution is 9.13. The Labute approximate surface area is 138 Å². The number of hydrogen-bond acceptors (Lipinski definition) is 4. The minimum absolute atomic E-state index is 0.0158. The fourth-order valence-corrected chi connectivity index (χ4v) is 2.56. The molecule has 1 heterocycles. The van der Waals surface area contributed by atoms with E-state index in [0.29, 0.717) is 13.4 Å². The van der Waals surface area contributed by atoms with E-state index in [0.717, 1.165) is 5.56 Å². The topological polar surface area (TPSA) is 78.0 Å². The number of rotatable bonds is 3. The zero-order valence-corrected chi connectivity index (χ0v) is 14.5. The largest absolute Gasteiger partial charge is 0.282 e. The second-order valence-electron chi connectivity index (χ2n) is 3.80. The van der Waals surface area contributed by atoms with Crippen LogP contribution >= 0.6 is 47.8 Å². The standard InChI is InChI=1S/C11H6Br3N3O3/c12-8-3-7(17(19)20)2-1-6(8)5-16-11(18)10(14)9(13)4-15-16/h1-4H,5H2. The second kappa shape index (κ2) is 6.15. The molecule has 0 bridgehead atoms. The van der Waals surface area contributed by atoms with Crippen molar-refractivity contribution in [1.29, 1.82) is 0 Å². The minimum Gasteiger partial charge on any atom is -0.266 e. The first kappa shape index (κ1) is 15.3. The maximum atomic E-state index is 12.0. The summed E-state index contributed by atoms with van der Waals surface area (Å²) in [6.07, 6.45) is 1.50. The highest BCUT2D eigenvalue weighted by Gasteiger charge is 2.12. The van der Waals surface area contributed by atoms with E-state index in [1.54, 1.807) is 6.07 Å². The molecule has 0 aliphatic carbocycles. The van der Waals surface area contributed by atoms with Crippen molar-refractivity contribution >= 4 is 53.5 Å². The minimum atomic E-state index is -0.477. The van der Waals surface area contributed by atoms with Crippen LogP contribution in [0.3, 0.4) is 0 Å². The zero-order chi connectivity index (χ0) is 14.9. The van der Waals surface area contributed by atoms with Gasteiger partial charge >= 0.3 is 0 Å². The molecule has 2 aromatic rings. The molecule has 0 aliphatic heterocycles. The monoisotopic (exact) mass is 465 g/mol. The summed E-state index contributed by atoms with van der Waals surface area (Å²) in [6, 6.07) is 4.37. The fourth-order valence-electron chi connectivity index (χ4n) is 1.50. The van der Waals surface area contributed by atoms with Gasteiger partial charge < -0.3 is 0 Å². The molecule has 9 heteroatoms. The summed E-state index contributed by atoms with van der Waals surface area (Å²) in [4.78, 5) is 22.2. The molecule has 0 fully saturated rings. The van der Waals surface area contributed by atoms with Gasteiger partial charge in [-0.25, -0.2) is 4.68 Å². The lowest BCUT2D eigenvalue weighted by Gasteiger charge is -2.07. The van der Waals surface area contributed by atoms with Gasteiger partial charge in [-0.05, 0) is 43.5 Å². The molecule has 20 heavy (non-hydrogen) atoms. The van der Waals surface area contributed by atoms with Gasteiger partial charge in [0.15, 0.2) is 0 Å². The number of nitro groups is 1. The van der Waals surface area contributed by atoms with Crippen LogP contribution in [-0.4, -0.2) is 14.7 Å². The first-order valence-electron chi connectivity index (χ1n) is 5.24. The van der Waals surface area contributed by atoms with Gasteiger partial charge in [0.05, 0.1) is 22.1 Å². The molecule has 0 unspecified atom stereocenters. The van der Waals surface area contributed by atoms with Gasteiger partial charge in [-0.15, -0.1) is 0 Å². The Balaban J connectivity index is 2.38. The predicted molar refractivity (Wildman–Crippen MR) is 83.8 cm³/mol. The van der Waals surface area contributed by atoms with Crippen molar-refractivity contribution in [1.82, 2.24) is 9.78 Å². The summed E-state index contributed by atoms with van der Waals surface area (Å²) < 4.78 is 2.77. The molecule has 0 amide bonds. The van der Waals surface area contributed by atoms with Crippen molar-refractivity contribution in [2.45, 2.75) is 6.54 Å². The van der Waals surface area contributed by atoms with Gasteiger partial charge in [-0.1, -0.05) is 15.9 Å². The van der Waals surface area contributed by atoms with Crippen molar-refractivity contribution in [3.63, 3.8) is 0 Å². The number of benzene rings is 1. The second-order valence-corrected chi connectivity index (χ2v) is 6.30. The third kappa shape index (κ3) is 3.15. The van der Waals surface area contributed by atoms with Crippen LogP contribution in [0.5, 0.6) is 0 Å². The summed E-state index contributed by atoms with van der Waals surface area (Å²) in [7, 11) is 0. The van der Waals surface area contributed by atoms with E-state index >= 15 is 0 Å². The van der Waals surface area contributed by atoms with E-state index < -0.39 is 4.92 Å². The van der Waals surface area contributed by atoms with Crippen molar-refractivity contribution in [3.8, 4) is 0 Å².